The summed E-state index contributed by atoms with van der Waals surface area (Å²) in [4.78, 5) is 31.8. The van der Waals surface area contributed by atoms with Gasteiger partial charge >= 0.3 is 0 Å². The third kappa shape index (κ3) is 12.7. The van der Waals surface area contributed by atoms with Crippen molar-refractivity contribution in [1.82, 2.24) is 27.4 Å². The van der Waals surface area contributed by atoms with Gasteiger partial charge in [0.1, 0.15) is 0 Å². The number of para-hydroxylation sites is 11. The standard InChI is InChI=1S/C44H30N4.2C37H24N2O/c1-3-14-32(15-4-1)45-27-26-31-28-44-37(30-43(31)45)36-20-7-8-21-38(36)47(44)34-18-13-19-35(29-34)48-41-24-11-9-22-39(41)46(33-16-5-2-6-17-33)40-23-10-12-25-42(40)48;40-37(29-18-17-25-9-4-5-10-26(25)21-29)28-11-8-14-31(22-28)39-34-16-7-6-15-32(34)33-24-35-27(23-36(33)39)19-20-38(35)30-12-2-1-3-13-30;40-37(29-15-14-25-8-4-5-9-27(25)22-29)26-16-18-31(19-17-26)39-34-13-7-6-12-32(34)33-24-35-28(23-36(33)39)20-21-38(35)30-10-2-1-3-11-30/h1-30H;2*1-24H. The van der Waals surface area contributed by atoms with Crippen LogP contribution in [0.15, 0.2) is 474 Å². The second kappa shape index (κ2) is 30.9. The molecule has 10 heteroatoms. The van der Waals surface area contributed by atoms with Gasteiger partial charge in [-0.05, 0) is 234 Å². The summed E-state index contributed by atoms with van der Waals surface area (Å²) in [7, 11) is 0. The van der Waals surface area contributed by atoms with Crippen LogP contribution in [0, 0.1) is 0 Å². The van der Waals surface area contributed by atoms with Gasteiger partial charge in [-0.15, -0.1) is 0 Å². The van der Waals surface area contributed by atoms with E-state index in [1.807, 2.05) is 115 Å². The molecule has 0 fully saturated rings. The van der Waals surface area contributed by atoms with Gasteiger partial charge in [-0.25, -0.2) is 0 Å². The van der Waals surface area contributed by atoms with Gasteiger partial charge in [0.2, 0.25) is 0 Å². The zero-order valence-electron chi connectivity index (χ0n) is 69.4. The minimum atomic E-state index is 0.0238. The lowest BCUT2D eigenvalue weighted by molar-refractivity contribution is 0.103. The fourth-order valence-corrected chi connectivity index (χ4v) is 19.5. The SMILES string of the molecule is O=C(c1ccc(-n2c3ccccc3c3cc4c(ccn4-c4ccccc4)cc32)cc1)c1ccc2ccccc2c1.O=C(c1cccc(-n2c3ccccc3c3cc4c(ccn4-c4ccccc4)cc32)c1)c1ccc2ccccc2c1.c1ccc(N2c3ccccc3N(c3cccc(-n4c5ccccc5c5cc6c(ccn6-c6ccccc6)cc54)c3)c3ccccc32)cc1. The monoisotopic (exact) mass is 1640 g/mol. The molecule has 10 nitrogen and oxygen atoms in total. The highest BCUT2D eigenvalue weighted by Crippen LogP contribution is 2.55. The summed E-state index contributed by atoms with van der Waals surface area (Å²) in [6, 6.07) is 159. The Balaban J connectivity index is 0.000000108. The van der Waals surface area contributed by atoms with E-state index in [9.17, 15) is 9.59 Å². The summed E-state index contributed by atoms with van der Waals surface area (Å²) in [6.45, 7) is 0. The highest BCUT2D eigenvalue weighted by Gasteiger charge is 2.31. The molecule has 25 aromatic rings. The van der Waals surface area contributed by atoms with Crippen LogP contribution in [0.2, 0.25) is 0 Å². The Bertz CT molecular complexity index is 8640. The van der Waals surface area contributed by atoms with Crippen LogP contribution in [0.1, 0.15) is 31.8 Å². The van der Waals surface area contributed by atoms with Crippen molar-refractivity contribution in [1.29, 1.82) is 0 Å². The molecule has 1 aliphatic rings. The van der Waals surface area contributed by atoms with Gasteiger partial charge in [0.05, 0.1) is 72.4 Å². The average Bonchev–Trinajstić information content (AvgIpc) is 1.62. The third-order valence-corrected chi connectivity index (χ3v) is 25.4. The van der Waals surface area contributed by atoms with Gasteiger partial charge in [0.25, 0.3) is 0 Å². The van der Waals surface area contributed by atoms with E-state index in [0.29, 0.717) is 22.3 Å². The average molecular weight is 1640 g/mol. The smallest absolute Gasteiger partial charge is 0.193 e. The van der Waals surface area contributed by atoms with Gasteiger partial charge < -0.3 is 37.2 Å². The number of hydrogen-bond donors (Lipinski definition) is 0. The minimum absolute atomic E-state index is 0.0238. The summed E-state index contributed by atoms with van der Waals surface area (Å²) in [6.07, 6.45) is 6.45. The van der Waals surface area contributed by atoms with E-state index in [1.54, 1.807) is 0 Å². The summed E-state index contributed by atoms with van der Waals surface area (Å²) < 4.78 is 13.8. The molecule has 0 atom stereocenters. The van der Waals surface area contributed by atoms with E-state index in [0.717, 1.165) is 112 Å². The molecule has 6 aromatic heterocycles. The Morgan fingerprint density at radius 2 is 0.461 bits per heavy atom. The van der Waals surface area contributed by atoms with Gasteiger partial charge in [0.15, 0.2) is 11.6 Å². The highest BCUT2D eigenvalue weighted by atomic mass is 16.1. The van der Waals surface area contributed by atoms with Crippen molar-refractivity contribution in [3.05, 3.63) is 496 Å². The van der Waals surface area contributed by atoms with Crippen molar-refractivity contribution in [3.8, 4) is 34.1 Å². The zero-order valence-corrected chi connectivity index (χ0v) is 69.4. The number of carbonyl (C=O) groups excluding carboxylic acids is 2. The first-order chi connectivity index (χ1) is 63.3. The van der Waals surface area contributed by atoms with E-state index in [-0.39, 0.29) is 11.6 Å². The summed E-state index contributed by atoms with van der Waals surface area (Å²) in [5, 5.41) is 15.2. The lowest BCUT2D eigenvalue weighted by Gasteiger charge is -2.40. The second-order valence-electron chi connectivity index (χ2n) is 32.8. The van der Waals surface area contributed by atoms with Crippen molar-refractivity contribution in [2.24, 2.45) is 0 Å². The van der Waals surface area contributed by atoms with E-state index in [1.165, 1.54) is 76.1 Å². The lowest BCUT2D eigenvalue weighted by atomic mass is 9.99. The quantitative estimate of drug-likeness (QED) is 0.114. The maximum atomic E-state index is 13.6. The van der Waals surface area contributed by atoms with E-state index < -0.39 is 0 Å². The molecule has 0 bridgehead atoms. The molecule has 128 heavy (non-hydrogen) atoms. The van der Waals surface area contributed by atoms with Crippen LogP contribution in [0.25, 0.3) is 154 Å². The molecule has 0 spiro atoms. The molecular weight excluding hydrogens is 1560 g/mol. The van der Waals surface area contributed by atoms with Crippen LogP contribution >= 0.6 is 0 Å². The third-order valence-electron chi connectivity index (χ3n) is 25.4. The van der Waals surface area contributed by atoms with Crippen molar-refractivity contribution >= 4 is 165 Å². The lowest BCUT2D eigenvalue weighted by Crippen LogP contribution is -2.23. The highest BCUT2D eigenvalue weighted by molar-refractivity contribution is 6.18. The van der Waals surface area contributed by atoms with Gasteiger partial charge in [-0.2, -0.15) is 0 Å². The summed E-state index contributed by atoms with van der Waals surface area (Å²) in [5.41, 5.74) is 26.6. The van der Waals surface area contributed by atoms with Crippen LogP contribution < -0.4 is 9.80 Å². The Morgan fingerprint density at radius 1 is 0.156 bits per heavy atom. The number of ketones is 2. The largest absolute Gasteiger partial charge is 0.317 e. The number of benzene rings is 19. The topological polar surface area (TPSA) is 70.2 Å². The van der Waals surface area contributed by atoms with Gasteiger partial charge in [-0.1, -0.05) is 243 Å². The van der Waals surface area contributed by atoms with Gasteiger partial charge in [-0.3, -0.25) is 9.59 Å². The molecule has 19 aromatic carbocycles. The van der Waals surface area contributed by atoms with Crippen LogP contribution in [0.4, 0.5) is 34.1 Å². The van der Waals surface area contributed by atoms with Crippen molar-refractivity contribution < 1.29 is 9.59 Å². The molecule has 1 aliphatic heterocycles. The van der Waals surface area contributed by atoms with E-state index in [4.69, 9.17) is 0 Å². The Morgan fingerprint density at radius 3 is 0.883 bits per heavy atom. The Hall–Kier alpha value is -17.3. The van der Waals surface area contributed by atoms with Crippen molar-refractivity contribution in [2.75, 3.05) is 9.80 Å². The number of carbonyl (C=O) groups is 2. The normalized spacial score (nSPS) is 11.9. The minimum Gasteiger partial charge on any atom is -0.317 e. The molecule has 7 heterocycles. The number of aromatic nitrogens is 6. The predicted octanol–water partition coefficient (Wildman–Crippen LogP) is 30.2. The number of anilines is 6. The van der Waals surface area contributed by atoms with Crippen molar-refractivity contribution in [3.63, 3.8) is 0 Å². The zero-order chi connectivity index (χ0) is 84.9. The predicted molar refractivity (Wildman–Crippen MR) is 531 cm³/mol. The maximum absolute atomic E-state index is 13.6. The van der Waals surface area contributed by atoms with Crippen LogP contribution in [0.5, 0.6) is 0 Å². The molecular formula is C118H78N8O2. The molecule has 0 unspecified atom stereocenters. The van der Waals surface area contributed by atoms with Crippen LogP contribution in [0.3, 0.4) is 0 Å². The number of fused-ring (bicyclic) bond motifs is 16. The molecule has 602 valence electrons. The second-order valence-corrected chi connectivity index (χ2v) is 32.8. The fraction of sp³-hybridized carbons (Fsp3) is 0. The van der Waals surface area contributed by atoms with Gasteiger partial charge in [0, 0.05) is 135 Å². The van der Waals surface area contributed by atoms with Crippen LogP contribution in [-0.4, -0.2) is 39.0 Å². The first-order valence-corrected chi connectivity index (χ1v) is 43.3. The Labute approximate surface area is 737 Å². The molecule has 26 rings (SSSR count). The number of nitrogens with zero attached hydrogens (tertiary/aromatic N) is 8. The van der Waals surface area contributed by atoms with Crippen molar-refractivity contribution in [2.45, 2.75) is 0 Å². The summed E-state index contributed by atoms with van der Waals surface area (Å²) in [5.74, 6) is 0.0548. The molecule has 0 saturated carbocycles. The Kier molecular flexibility index (Phi) is 18.0. The molecule has 0 amide bonds. The first kappa shape index (κ1) is 74.5. The number of rotatable bonds is 12. The molecule has 0 radical (unpaired) electrons. The van der Waals surface area contributed by atoms with Crippen LogP contribution in [-0.2, 0) is 0 Å². The fourth-order valence-electron chi connectivity index (χ4n) is 19.5. The number of hydrogen-bond acceptors (Lipinski definition) is 4. The molecule has 0 aliphatic carbocycles. The molecule has 0 N–H and O–H groups in total. The van der Waals surface area contributed by atoms with E-state index >= 15 is 0 Å². The van der Waals surface area contributed by atoms with E-state index in [2.05, 4.69) is 396 Å². The summed E-state index contributed by atoms with van der Waals surface area (Å²) >= 11 is 0. The molecule has 0 saturated heterocycles. The maximum Gasteiger partial charge on any atom is 0.193 e. The first-order valence-electron chi connectivity index (χ1n) is 43.3.